The number of pyridine rings is 1. The predicted octanol–water partition coefficient (Wildman–Crippen LogP) is 8.44. The molecule has 5 rings (SSSR count). The first-order valence-electron chi connectivity index (χ1n) is 15.4. The maximum atomic E-state index is 13.3. The molecule has 8 heteroatoms. The Labute approximate surface area is 269 Å². The number of ether oxygens (including phenoxy) is 2. The van der Waals surface area contributed by atoms with E-state index in [-0.39, 0.29) is 24.3 Å². The summed E-state index contributed by atoms with van der Waals surface area (Å²) in [5, 5.41) is 10.6. The summed E-state index contributed by atoms with van der Waals surface area (Å²) in [7, 11) is 0. The van der Waals surface area contributed by atoms with Crippen LogP contribution in [0.3, 0.4) is 0 Å². The van der Waals surface area contributed by atoms with Gasteiger partial charge in [0, 0.05) is 41.4 Å². The van der Waals surface area contributed by atoms with Crippen molar-refractivity contribution in [1.82, 2.24) is 4.98 Å². The second-order valence-electron chi connectivity index (χ2n) is 12.4. The number of hydrogen-bond acceptors (Lipinski definition) is 5. The molecule has 3 aromatic carbocycles. The van der Waals surface area contributed by atoms with Crippen LogP contribution in [0.25, 0.3) is 11.1 Å². The highest BCUT2D eigenvalue weighted by Gasteiger charge is 2.31. The van der Waals surface area contributed by atoms with Gasteiger partial charge in [-0.15, -0.1) is 0 Å². The lowest BCUT2D eigenvalue weighted by Gasteiger charge is -2.40. The molecular weight excluding hydrogens is 591 g/mol. The number of piperidine rings is 1. The van der Waals surface area contributed by atoms with Crippen molar-refractivity contribution < 1.29 is 23.8 Å². The number of aryl methyl sites for hydroxylation is 1. The molecule has 1 aliphatic heterocycles. The molecule has 1 aromatic heterocycles. The monoisotopic (exact) mass is 630 g/mol. The average molecular weight is 631 g/mol. The fourth-order valence-corrected chi connectivity index (χ4v) is 6.00. The third-order valence-corrected chi connectivity index (χ3v) is 8.66. The Morgan fingerprint density at radius 1 is 1.00 bits per heavy atom. The van der Waals surface area contributed by atoms with E-state index in [9.17, 15) is 14.3 Å². The number of halogens is 2. The van der Waals surface area contributed by atoms with Crippen LogP contribution < -0.4 is 9.64 Å². The molecule has 0 unspecified atom stereocenters. The maximum absolute atomic E-state index is 13.3. The second kappa shape index (κ2) is 14.4. The molecule has 2 heterocycles. The van der Waals surface area contributed by atoms with E-state index in [0.717, 1.165) is 65.1 Å². The van der Waals surface area contributed by atoms with Gasteiger partial charge in [-0.05, 0) is 78.3 Å². The molecule has 0 amide bonds. The number of aromatic nitrogens is 1. The number of aliphatic carboxylic acids is 1. The first kappa shape index (κ1) is 32.5. The lowest BCUT2D eigenvalue weighted by Crippen LogP contribution is -2.38. The Hall–Kier alpha value is -3.94. The number of carboxylic acids is 1. The van der Waals surface area contributed by atoms with Crippen LogP contribution in [-0.2, 0) is 35.6 Å². The minimum absolute atomic E-state index is 0.116. The lowest BCUT2D eigenvalue weighted by molar-refractivity contribution is -0.136. The van der Waals surface area contributed by atoms with Crippen LogP contribution in [0, 0.1) is 18.2 Å². The first-order chi connectivity index (χ1) is 21.6. The molecule has 0 atom stereocenters. The van der Waals surface area contributed by atoms with Crippen LogP contribution in [-0.4, -0.2) is 35.8 Å². The molecule has 1 N–H and O–H groups in total. The van der Waals surface area contributed by atoms with Gasteiger partial charge in [0.2, 0.25) is 0 Å². The average Bonchev–Trinajstić information content (AvgIpc) is 3.00. The fraction of sp³-hybridized carbons (Fsp3) is 0.351. The Kier molecular flexibility index (Phi) is 10.4. The summed E-state index contributed by atoms with van der Waals surface area (Å²) in [6, 6.07) is 21.9. The van der Waals surface area contributed by atoms with Crippen molar-refractivity contribution in [3.63, 3.8) is 0 Å². The quantitative estimate of drug-likeness (QED) is 0.169. The van der Waals surface area contributed by atoms with Crippen LogP contribution in [0.15, 0.2) is 72.8 Å². The zero-order valence-corrected chi connectivity index (χ0v) is 26.9. The van der Waals surface area contributed by atoms with Crippen LogP contribution in [0.4, 0.5) is 10.1 Å². The summed E-state index contributed by atoms with van der Waals surface area (Å²) >= 11 is 6.19. The normalized spacial score (nSPS) is 14.4. The van der Waals surface area contributed by atoms with E-state index in [1.807, 2.05) is 55.5 Å². The zero-order chi connectivity index (χ0) is 32.0. The van der Waals surface area contributed by atoms with E-state index in [0.29, 0.717) is 36.1 Å². The van der Waals surface area contributed by atoms with E-state index in [2.05, 4.69) is 18.7 Å². The number of rotatable bonds is 12. The Bertz CT molecular complexity index is 1610. The molecule has 1 aliphatic rings. The van der Waals surface area contributed by atoms with E-state index < -0.39 is 5.97 Å². The molecule has 0 bridgehead atoms. The van der Waals surface area contributed by atoms with E-state index in [1.54, 1.807) is 12.1 Å². The minimum Gasteiger partial charge on any atom is -0.493 e. The summed E-state index contributed by atoms with van der Waals surface area (Å²) in [5.74, 6) is -0.430. The van der Waals surface area contributed by atoms with Crippen molar-refractivity contribution >= 4 is 23.3 Å². The van der Waals surface area contributed by atoms with Gasteiger partial charge in [0.15, 0.2) is 0 Å². The molecular formula is C37H40ClFN2O4. The Morgan fingerprint density at radius 2 is 1.71 bits per heavy atom. The summed E-state index contributed by atoms with van der Waals surface area (Å²) in [6.45, 7) is 9.17. The summed E-state index contributed by atoms with van der Waals surface area (Å²) in [6.07, 6.45) is 2.55. The van der Waals surface area contributed by atoms with Crippen molar-refractivity contribution in [2.24, 2.45) is 5.41 Å². The smallest absolute Gasteiger partial charge is 0.307 e. The maximum Gasteiger partial charge on any atom is 0.307 e. The Balaban J connectivity index is 1.47. The topological polar surface area (TPSA) is 71.9 Å². The molecule has 0 spiro atoms. The summed E-state index contributed by atoms with van der Waals surface area (Å²) in [4.78, 5) is 19.4. The molecule has 45 heavy (non-hydrogen) atoms. The van der Waals surface area contributed by atoms with Gasteiger partial charge in [0.1, 0.15) is 11.6 Å². The van der Waals surface area contributed by atoms with Gasteiger partial charge in [-0.25, -0.2) is 4.39 Å². The van der Waals surface area contributed by atoms with Gasteiger partial charge in [0.05, 0.1) is 37.6 Å². The van der Waals surface area contributed by atoms with Crippen molar-refractivity contribution in [3.05, 3.63) is 112 Å². The van der Waals surface area contributed by atoms with Gasteiger partial charge in [0.25, 0.3) is 0 Å². The van der Waals surface area contributed by atoms with Crippen molar-refractivity contribution in [2.75, 3.05) is 24.6 Å². The largest absolute Gasteiger partial charge is 0.493 e. The van der Waals surface area contributed by atoms with Crippen LogP contribution in [0.2, 0.25) is 5.02 Å². The fourth-order valence-electron chi connectivity index (χ4n) is 5.79. The third-order valence-electron chi connectivity index (χ3n) is 8.42. The number of benzene rings is 3. The summed E-state index contributed by atoms with van der Waals surface area (Å²) in [5.41, 5.74) is 7.10. The minimum atomic E-state index is -0.890. The van der Waals surface area contributed by atoms with Crippen LogP contribution >= 0.6 is 11.6 Å². The van der Waals surface area contributed by atoms with Crippen LogP contribution in [0.5, 0.6) is 5.75 Å². The van der Waals surface area contributed by atoms with Gasteiger partial charge in [-0.1, -0.05) is 61.8 Å². The standard InChI is InChI=1S/C37H40ClFN2O4/c1-25-32(22-34(42)43)36(41-18-16-37(2,3)17-19-41)35(33(40-25)24-44-23-27-5-4-6-29(38)21-27)28-9-13-31(14-10-28)45-20-15-26-7-11-30(39)12-8-26/h4-14,21H,15-20,22-24H2,1-3H3,(H,42,43). The second-order valence-corrected chi connectivity index (χ2v) is 12.9. The highest BCUT2D eigenvalue weighted by molar-refractivity contribution is 6.30. The molecule has 236 valence electrons. The van der Waals surface area contributed by atoms with Crippen molar-refractivity contribution in [2.45, 2.75) is 59.7 Å². The van der Waals surface area contributed by atoms with Gasteiger partial charge >= 0.3 is 5.97 Å². The predicted molar refractivity (Wildman–Crippen MR) is 177 cm³/mol. The van der Waals surface area contributed by atoms with Crippen molar-refractivity contribution in [3.8, 4) is 16.9 Å². The third kappa shape index (κ3) is 8.62. The van der Waals surface area contributed by atoms with Gasteiger partial charge in [-0.3, -0.25) is 9.78 Å². The molecule has 0 aliphatic carbocycles. The molecule has 6 nitrogen and oxygen atoms in total. The Morgan fingerprint density at radius 3 is 2.38 bits per heavy atom. The molecule has 1 fully saturated rings. The number of carboxylic acid groups (broad SMARTS) is 1. The number of nitrogens with zero attached hydrogens (tertiary/aromatic N) is 2. The number of hydrogen-bond donors (Lipinski definition) is 1. The highest BCUT2D eigenvalue weighted by atomic mass is 35.5. The first-order valence-corrected chi connectivity index (χ1v) is 15.7. The van der Waals surface area contributed by atoms with Gasteiger partial charge in [-0.2, -0.15) is 0 Å². The van der Waals surface area contributed by atoms with E-state index >= 15 is 0 Å². The number of anilines is 1. The van der Waals surface area contributed by atoms with E-state index in [1.165, 1.54) is 12.1 Å². The summed E-state index contributed by atoms with van der Waals surface area (Å²) < 4.78 is 25.5. The van der Waals surface area contributed by atoms with Gasteiger partial charge < -0.3 is 19.5 Å². The molecule has 0 radical (unpaired) electrons. The molecule has 0 saturated carbocycles. The van der Waals surface area contributed by atoms with Crippen molar-refractivity contribution in [1.29, 1.82) is 0 Å². The van der Waals surface area contributed by atoms with E-state index in [4.69, 9.17) is 26.1 Å². The highest BCUT2D eigenvalue weighted by Crippen LogP contribution is 2.42. The molecule has 4 aromatic rings. The van der Waals surface area contributed by atoms with Crippen LogP contribution in [0.1, 0.15) is 54.8 Å². The molecule has 1 saturated heterocycles. The SMILES string of the molecule is Cc1nc(COCc2cccc(Cl)c2)c(-c2ccc(OCCc3ccc(F)cc3)cc2)c(N2CCC(C)(C)CC2)c1CC(=O)O. The number of carbonyl (C=O) groups is 1. The zero-order valence-electron chi connectivity index (χ0n) is 26.1. The lowest BCUT2D eigenvalue weighted by atomic mass is 9.82.